The van der Waals surface area contributed by atoms with E-state index in [-0.39, 0.29) is 5.91 Å². The number of ether oxygens (including phenoxy) is 1. The van der Waals surface area contributed by atoms with Crippen molar-refractivity contribution in [1.29, 1.82) is 5.26 Å². The number of carbonyl (C=O) groups is 1. The second-order valence-electron chi connectivity index (χ2n) is 4.32. The number of nitrogens with one attached hydrogen (secondary N) is 1. The van der Waals surface area contributed by atoms with Gasteiger partial charge >= 0.3 is 0 Å². The molecule has 0 aliphatic carbocycles. The number of carbonyl (C=O) groups excluding carboxylic acids is 1. The zero-order valence-corrected chi connectivity index (χ0v) is 12.9. The molecule has 0 bridgehead atoms. The number of rotatable bonds is 4. The summed E-state index contributed by atoms with van der Waals surface area (Å²) in [5.41, 5.74) is 1.17. The molecule has 1 atom stereocenters. The lowest BCUT2D eigenvalue weighted by Crippen LogP contribution is -2.27. The molecule has 0 aliphatic rings. The summed E-state index contributed by atoms with van der Waals surface area (Å²) in [6, 6.07) is 15.5. The minimum Gasteiger partial charge on any atom is -0.497 e. The molecule has 0 radical (unpaired) electrons. The third-order valence-corrected chi connectivity index (χ3v) is 3.41. The number of methoxy groups -OCH3 is 1. The van der Waals surface area contributed by atoms with Gasteiger partial charge in [-0.2, -0.15) is 5.26 Å². The third-order valence-electron chi connectivity index (χ3n) is 2.92. The van der Waals surface area contributed by atoms with Crippen LogP contribution in [0.5, 0.6) is 5.75 Å². The molecule has 0 heterocycles. The normalized spacial score (nSPS) is 11.3. The Balaban J connectivity index is 2.18. The van der Waals surface area contributed by atoms with Gasteiger partial charge in [0.05, 0.1) is 13.2 Å². The third kappa shape index (κ3) is 3.83. The highest BCUT2D eigenvalue weighted by atomic mass is 79.9. The molecule has 0 aliphatic heterocycles. The molecule has 106 valence electrons. The zero-order valence-electron chi connectivity index (χ0n) is 11.3. The van der Waals surface area contributed by atoms with Crippen molar-refractivity contribution < 1.29 is 9.53 Å². The fourth-order valence-electron chi connectivity index (χ4n) is 1.86. The van der Waals surface area contributed by atoms with Gasteiger partial charge in [0, 0.05) is 10.0 Å². The summed E-state index contributed by atoms with van der Waals surface area (Å²) in [5, 5.41) is 12.0. The first-order valence-corrected chi connectivity index (χ1v) is 7.03. The van der Waals surface area contributed by atoms with Gasteiger partial charge in [0.1, 0.15) is 11.8 Å². The van der Waals surface area contributed by atoms with Crippen LogP contribution in [0, 0.1) is 11.3 Å². The van der Waals surface area contributed by atoms with Gasteiger partial charge in [0.15, 0.2) is 0 Å². The predicted octanol–water partition coefficient (Wildman–Crippen LogP) is 3.45. The van der Waals surface area contributed by atoms with Gasteiger partial charge in [0.2, 0.25) is 0 Å². The van der Waals surface area contributed by atoms with E-state index in [1.54, 1.807) is 36.4 Å². The Kier molecular flexibility index (Phi) is 4.96. The van der Waals surface area contributed by atoms with E-state index < -0.39 is 6.04 Å². The molecule has 1 N–H and O–H groups in total. The van der Waals surface area contributed by atoms with E-state index in [4.69, 9.17) is 4.74 Å². The molecule has 0 saturated heterocycles. The highest BCUT2D eigenvalue weighted by Crippen LogP contribution is 2.19. The van der Waals surface area contributed by atoms with E-state index in [1.807, 2.05) is 12.1 Å². The van der Waals surface area contributed by atoms with Gasteiger partial charge in [-0.15, -0.1) is 0 Å². The van der Waals surface area contributed by atoms with Crippen molar-refractivity contribution >= 4 is 21.8 Å². The molecule has 5 heteroatoms. The minimum atomic E-state index is -0.707. The molecule has 21 heavy (non-hydrogen) atoms. The smallest absolute Gasteiger partial charge is 0.252 e. The second-order valence-corrected chi connectivity index (χ2v) is 5.24. The average molecular weight is 345 g/mol. The summed E-state index contributed by atoms with van der Waals surface area (Å²) in [5.74, 6) is 0.277. The quantitative estimate of drug-likeness (QED) is 0.923. The molecule has 0 unspecified atom stereocenters. The van der Waals surface area contributed by atoms with Gasteiger partial charge in [0.25, 0.3) is 5.91 Å². The molecule has 0 saturated carbocycles. The van der Waals surface area contributed by atoms with E-state index in [0.717, 1.165) is 10.0 Å². The molecule has 2 aromatic carbocycles. The summed E-state index contributed by atoms with van der Waals surface area (Å²) in [6.07, 6.45) is 0. The van der Waals surface area contributed by atoms with Crippen LogP contribution in [0.15, 0.2) is 53.0 Å². The Morgan fingerprint density at radius 3 is 2.71 bits per heavy atom. The van der Waals surface area contributed by atoms with E-state index in [1.165, 1.54) is 7.11 Å². The van der Waals surface area contributed by atoms with Crippen molar-refractivity contribution in [3.8, 4) is 11.8 Å². The maximum atomic E-state index is 12.2. The number of hydrogen-bond acceptors (Lipinski definition) is 3. The van der Waals surface area contributed by atoms with Crippen LogP contribution >= 0.6 is 15.9 Å². The predicted molar refractivity (Wildman–Crippen MR) is 83.0 cm³/mol. The number of amides is 1. The van der Waals surface area contributed by atoms with Crippen molar-refractivity contribution in [3.05, 3.63) is 64.1 Å². The van der Waals surface area contributed by atoms with Crippen LogP contribution in [0.2, 0.25) is 0 Å². The van der Waals surface area contributed by atoms with Crippen molar-refractivity contribution in [2.45, 2.75) is 6.04 Å². The summed E-state index contributed by atoms with van der Waals surface area (Å²) < 4.78 is 5.94. The van der Waals surface area contributed by atoms with Crippen LogP contribution in [0.3, 0.4) is 0 Å². The minimum absolute atomic E-state index is 0.319. The van der Waals surface area contributed by atoms with Crippen LogP contribution in [0.4, 0.5) is 0 Å². The molecular formula is C16H13BrN2O2. The van der Waals surface area contributed by atoms with Gasteiger partial charge in [-0.25, -0.2) is 0 Å². The summed E-state index contributed by atoms with van der Waals surface area (Å²) in [4.78, 5) is 12.2. The average Bonchev–Trinajstić information content (AvgIpc) is 2.52. The van der Waals surface area contributed by atoms with E-state index in [9.17, 15) is 10.1 Å². The van der Waals surface area contributed by atoms with Gasteiger partial charge in [-0.05, 0) is 35.9 Å². The second kappa shape index (κ2) is 6.91. The molecule has 2 aromatic rings. The Morgan fingerprint density at radius 2 is 2.05 bits per heavy atom. The molecule has 4 nitrogen and oxygen atoms in total. The first kappa shape index (κ1) is 15.1. The van der Waals surface area contributed by atoms with Crippen LogP contribution in [-0.4, -0.2) is 13.0 Å². The fourth-order valence-corrected chi connectivity index (χ4v) is 2.27. The Morgan fingerprint density at radius 1 is 1.29 bits per heavy atom. The van der Waals surface area contributed by atoms with E-state index >= 15 is 0 Å². The first-order valence-electron chi connectivity index (χ1n) is 6.24. The number of halogens is 1. The van der Waals surface area contributed by atoms with Gasteiger partial charge in [-0.3, -0.25) is 4.79 Å². The largest absolute Gasteiger partial charge is 0.497 e. The maximum absolute atomic E-state index is 12.2. The lowest BCUT2D eigenvalue weighted by atomic mass is 10.1. The molecule has 0 fully saturated rings. The van der Waals surface area contributed by atoms with E-state index in [0.29, 0.717) is 11.3 Å². The van der Waals surface area contributed by atoms with Crippen LogP contribution in [-0.2, 0) is 0 Å². The lowest BCUT2D eigenvalue weighted by Gasteiger charge is -2.12. The van der Waals surface area contributed by atoms with Gasteiger partial charge < -0.3 is 10.1 Å². The van der Waals surface area contributed by atoms with Crippen molar-refractivity contribution in [2.75, 3.05) is 7.11 Å². The number of nitrogens with zero attached hydrogens (tertiary/aromatic N) is 1. The fraction of sp³-hybridized carbons (Fsp3) is 0.125. The molecule has 0 spiro atoms. The van der Waals surface area contributed by atoms with Crippen molar-refractivity contribution in [1.82, 2.24) is 5.32 Å². The first-order chi connectivity index (χ1) is 10.1. The molecule has 2 rings (SSSR count). The molecule has 0 aromatic heterocycles. The monoisotopic (exact) mass is 344 g/mol. The topological polar surface area (TPSA) is 62.1 Å². The molecule has 1 amide bonds. The highest BCUT2D eigenvalue weighted by molar-refractivity contribution is 9.10. The lowest BCUT2D eigenvalue weighted by molar-refractivity contribution is 0.0945. The van der Waals surface area contributed by atoms with Crippen LogP contribution in [0.25, 0.3) is 0 Å². The summed E-state index contributed by atoms with van der Waals surface area (Å²) in [6.45, 7) is 0. The number of benzene rings is 2. The summed E-state index contributed by atoms with van der Waals surface area (Å²) in [7, 11) is 1.54. The summed E-state index contributed by atoms with van der Waals surface area (Å²) >= 11 is 3.35. The standard InChI is InChI=1S/C16H13BrN2O2/c1-21-14-7-3-5-12(9-14)16(20)19-15(10-18)11-4-2-6-13(17)8-11/h2-9,15H,1H3,(H,19,20)/t15-/m1/s1. The van der Waals surface area contributed by atoms with Crippen LogP contribution in [0.1, 0.15) is 22.0 Å². The highest BCUT2D eigenvalue weighted by Gasteiger charge is 2.15. The van der Waals surface area contributed by atoms with Gasteiger partial charge in [-0.1, -0.05) is 34.1 Å². The van der Waals surface area contributed by atoms with E-state index in [2.05, 4.69) is 27.3 Å². The van der Waals surface area contributed by atoms with Crippen LogP contribution < -0.4 is 10.1 Å². The zero-order chi connectivity index (χ0) is 15.2. The maximum Gasteiger partial charge on any atom is 0.252 e. The van der Waals surface area contributed by atoms with Crippen molar-refractivity contribution in [3.63, 3.8) is 0 Å². The Bertz CT molecular complexity index is 695. The number of nitriles is 1. The Hall–Kier alpha value is -2.32. The SMILES string of the molecule is COc1cccc(C(=O)N[C@H](C#N)c2cccc(Br)c2)c1. The van der Waals surface area contributed by atoms with Crippen molar-refractivity contribution in [2.24, 2.45) is 0 Å². The Labute approximate surface area is 131 Å². The molecular weight excluding hydrogens is 332 g/mol. The number of hydrogen-bond donors (Lipinski definition) is 1.